The second-order valence-corrected chi connectivity index (χ2v) is 10.0. The molecule has 38 heavy (non-hydrogen) atoms. The Morgan fingerprint density at radius 2 is 1.87 bits per heavy atom. The topological polar surface area (TPSA) is 130 Å². The number of benzene rings is 3. The third-order valence-corrected chi connectivity index (χ3v) is 7.70. The molecule has 3 aromatic carbocycles. The lowest BCUT2D eigenvalue weighted by Crippen LogP contribution is -2.57. The number of allylic oxidation sites excluding steroid dienone is 1. The smallest absolute Gasteiger partial charge is 0.325 e. The van der Waals surface area contributed by atoms with Gasteiger partial charge in [-0.15, -0.1) is 0 Å². The van der Waals surface area contributed by atoms with E-state index in [1.807, 2.05) is 36.4 Å². The molecule has 2 N–H and O–H groups in total. The van der Waals surface area contributed by atoms with Crippen molar-refractivity contribution in [1.82, 2.24) is 10.2 Å². The number of nitro benzene ring substituents is 1. The maximum Gasteiger partial charge on any atom is 0.325 e. The number of carbonyl (C=O) groups excluding carboxylic acids is 2. The summed E-state index contributed by atoms with van der Waals surface area (Å²) in [4.78, 5) is 52.7. The van der Waals surface area contributed by atoms with Gasteiger partial charge in [0.05, 0.1) is 22.8 Å². The van der Waals surface area contributed by atoms with E-state index in [4.69, 9.17) is 11.6 Å². The lowest BCUT2D eigenvalue weighted by atomic mass is 9.76. The van der Waals surface area contributed by atoms with E-state index < -0.39 is 46.1 Å². The molecule has 2 fully saturated rings. The van der Waals surface area contributed by atoms with Crippen molar-refractivity contribution in [3.63, 3.8) is 0 Å². The Bertz CT molecular complexity index is 1520. The molecule has 4 atom stereocenters. The van der Waals surface area contributed by atoms with Gasteiger partial charge < -0.3 is 5.11 Å². The van der Waals surface area contributed by atoms with Crippen molar-refractivity contribution >= 4 is 45.8 Å². The number of hydrogen-bond donors (Lipinski definition) is 2. The number of aliphatic carboxylic acids is 1. The zero-order chi connectivity index (χ0) is 27.2. The summed E-state index contributed by atoms with van der Waals surface area (Å²) < 4.78 is 0. The number of amides is 2. The minimum atomic E-state index is -1.90. The van der Waals surface area contributed by atoms with E-state index in [9.17, 15) is 29.6 Å². The van der Waals surface area contributed by atoms with Gasteiger partial charge in [0.15, 0.2) is 0 Å². The van der Waals surface area contributed by atoms with E-state index in [-0.39, 0.29) is 29.2 Å². The first kappa shape index (κ1) is 25.6. The number of likely N-dealkylation sites (tertiary alicyclic amines) is 1. The first-order chi connectivity index (χ1) is 18.2. The summed E-state index contributed by atoms with van der Waals surface area (Å²) >= 11 is 6.19. The van der Waals surface area contributed by atoms with Crippen molar-refractivity contribution in [1.29, 1.82) is 0 Å². The van der Waals surface area contributed by atoms with Crippen molar-refractivity contribution in [3.05, 3.63) is 99.1 Å². The van der Waals surface area contributed by atoms with Crippen molar-refractivity contribution in [2.75, 3.05) is 6.54 Å². The van der Waals surface area contributed by atoms with Gasteiger partial charge in [-0.25, -0.2) is 0 Å². The van der Waals surface area contributed by atoms with Gasteiger partial charge in [0, 0.05) is 29.6 Å². The predicted molar refractivity (Wildman–Crippen MR) is 141 cm³/mol. The van der Waals surface area contributed by atoms with Gasteiger partial charge in [0.1, 0.15) is 5.54 Å². The number of nitrogens with zero attached hydrogens (tertiary/aromatic N) is 2. The van der Waals surface area contributed by atoms with Crippen molar-refractivity contribution in [3.8, 4) is 0 Å². The van der Waals surface area contributed by atoms with Crippen LogP contribution < -0.4 is 5.32 Å². The highest BCUT2D eigenvalue weighted by molar-refractivity contribution is 6.30. The second kappa shape index (κ2) is 9.66. The van der Waals surface area contributed by atoms with Gasteiger partial charge in [0.2, 0.25) is 11.8 Å². The summed E-state index contributed by atoms with van der Waals surface area (Å²) in [6.45, 7) is 1.73. The van der Waals surface area contributed by atoms with Crippen LogP contribution >= 0.6 is 11.6 Å². The Hall–Kier alpha value is -4.08. The predicted octanol–water partition coefficient (Wildman–Crippen LogP) is 4.29. The van der Waals surface area contributed by atoms with Crippen LogP contribution in [0.2, 0.25) is 5.02 Å². The molecule has 10 heteroatoms. The molecule has 0 aromatic heterocycles. The number of carboxylic acids is 1. The minimum absolute atomic E-state index is 0.0167. The summed E-state index contributed by atoms with van der Waals surface area (Å²) in [5.74, 6) is -4.97. The number of carboxylic acid groups (broad SMARTS) is 1. The van der Waals surface area contributed by atoms with Crippen molar-refractivity contribution in [2.45, 2.75) is 24.9 Å². The highest BCUT2D eigenvalue weighted by Crippen LogP contribution is 2.51. The van der Waals surface area contributed by atoms with Crippen molar-refractivity contribution < 1.29 is 24.4 Å². The Morgan fingerprint density at radius 1 is 1.13 bits per heavy atom. The second-order valence-electron chi connectivity index (χ2n) is 9.58. The van der Waals surface area contributed by atoms with E-state index in [2.05, 4.69) is 5.32 Å². The highest BCUT2D eigenvalue weighted by atomic mass is 35.5. The third-order valence-electron chi connectivity index (χ3n) is 7.47. The molecule has 0 radical (unpaired) electrons. The van der Waals surface area contributed by atoms with Crippen LogP contribution in [-0.4, -0.2) is 44.8 Å². The van der Waals surface area contributed by atoms with Crippen LogP contribution in [0.1, 0.15) is 24.1 Å². The van der Waals surface area contributed by atoms with Crippen molar-refractivity contribution in [2.24, 2.45) is 11.8 Å². The third kappa shape index (κ3) is 4.04. The number of nitrogens with one attached hydrogen (secondary N) is 1. The first-order valence-electron chi connectivity index (χ1n) is 12.1. The maximum absolute atomic E-state index is 13.7. The van der Waals surface area contributed by atoms with E-state index in [0.717, 1.165) is 15.7 Å². The molecule has 2 aliphatic heterocycles. The zero-order valence-electron chi connectivity index (χ0n) is 20.3. The first-order valence-corrected chi connectivity index (χ1v) is 12.4. The number of carbonyl (C=O) groups is 3. The van der Waals surface area contributed by atoms with Crippen LogP contribution in [0, 0.1) is 22.0 Å². The Labute approximate surface area is 222 Å². The van der Waals surface area contributed by atoms with Crippen LogP contribution in [0.25, 0.3) is 10.8 Å². The molecule has 2 aliphatic rings. The Kier molecular flexibility index (Phi) is 6.50. The number of nitro groups is 1. The molecule has 9 nitrogen and oxygen atoms in total. The fourth-order valence-corrected chi connectivity index (χ4v) is 5.95. The van der Waals surface area contributed by atoms with E-state index in [1.54, 1.807) is 25.1 Å². The summed E-state index contributed by atoms with van der Waals surface area (Å²) in [7, 11) is 0. The molecular weight excluding hydrogens is 510 g/mol. The molecule has 2 amide bonds. The Morgan fingerprint density at radius 3 is 2.55 bits per heavy atom. The van der Waals surface area contributed by atoms with E-state index in [1.165, 1.54) is 18.2 Å². The quantitative estimate of drug-likeness (QED) is 0.200. The lowest BCUT2D eigenvalue weighted by Gasteiger charge is -2.31. The molecule has 5 rings (SSSR count). The number of rotatable bonds is 7. The van der Waals surface area contributed by atoms with Crippen LogP contribution in [0.5, 0.6) is 0 Å². The molecular formula is C28H24ClN3O6. The molecule has 0 bridgehead atoms. The Balaban J connectivity index is 1.68. The molecule has 4 unspecified atom stereocenters. The summed E-state index contributed by atoms with van der Waals surface area (Å²) in [5.41, 5.74) is -1.51. The van der Waals surface area contributed by atoms with Crippen LogP contribution in [0.15, 0.2) is 72.8 Å². The maximum atomic E-state index is 13.7. The van der Waals surface area contributed by atoms with Gasteiger partial charge in [-0.05, 0) is 35.4 Å². The van der Waals surface area contributed by atoms with Crippen LogP contribution in [-0.2, 0) is 20.8 Å². The average Bonchev–Trinajstić information content (AvgIpc) is 3.36. The van der Waals surface area contributed by atoms with Gasteiger partial charge in [-0.3, -0.25) is 34.7 Å². The summed E-state index contributed by atoms with van der Waals surface area (Å²) in [6.07, 6.45) is 3.20. The van der Waals surface area contributed by atoms with Gasteiger partial charge >= 0.3 is 5.97 Å². The summed E-state index contributed by atoms with van der Waals surface area (Å²) in [6, 6.07) is 15.9. The normalized spacial score (nSPS) is 24.9. The molecule has 194 valence electrons. The summed E-state index contributed by atoms with van der Waals surface area (Å²) in [5, 5.41) is 27.6. The molecule has 0 spiro atoms. The standard InChI is InChI=1S/C28H24ClN3O6/c1-2-3-12-31-25(33)22-23(26(31)34)28(27(35)36,15-16-8-9-17-6-4-5-7-18(17)13-16)30-24(22)20-14-19(29)10-11-21(20)32(37)38/h2-11,13-14,22-24,30H,12,15H2,1H3,(H,35,36)/b3-2+. The molecule has 2 saturated heterocycles. The monoisotopic (exact) mass is 533 g/mol. The largest absolute Gasteiger partial charge is 0.480 e. The van der Waals surface area contributed by atoms with Crippen LogP contribution in [0.3, 0.4) is 0 Å². The van der Waals surface area contributed by atoms with Gasteiger partial charge in [0.25, 0.3) is 5.69 Å². The van der Waals surface area contributed by atoms with E-state index in [0.29, 0.717) is 5.56 Å². The van der Waals surface area contributed by atoms with E-state index >= 15 is 0 Å². The zero-order valence-corrected chi connectivity index (χ0v) is 21.1. The fourth-order valence-electron chi connectivity index (χ4n) is 5.77. The average molecular weight is 534 g/mol. The number of hydrogen-bond acceptors (Lipinski definition) is 6. The molecule has 3 aromatic rings. The number of halogens is 1. The minimum Gasteiger partial charge on any atom is -0.480 e. The molecule has 0 saturated carbocycles. The van der Waals surface area contributed by atoms with Crippen LogP contribution in [0.4, 0.5) is 5.69 Å². The number of imide groups is 1. The fraction of sp³-hybridized carbons (Fsp3) is 0.250. The molecule has 2 heterocycles. The lowest BCUT2D eigenvalue weighted by molar-refractivity contribution is -0.385. The highest BCUT2D eigenvalue weighted by Gasteiger charge is 2.68. The number of fused-ring (bicyclic) bond motifs is 2. The van der Waals surface area contributed by atoms with Gasteiger partial charge in [-0.2, -0.15) is 0 Å². The van der Waals surface area contributed by atoms with Gasteiger partial charge in [-0.1, -0.05) is 66.2 Å². The molecule has 0 aliphatic carbocycles. The SMILES string of the molecule is C/C=C/CN1C(=O)C2C(c3cc(Cl)ccc3[N+](=O)[O-])NC(Cc3ccc4ccccc4c3)(C(=O)O)C2C1=O.